The van der Waals surface area contributed by atoms with Crippen molar-refractivity contribution in [3.8, 4) is 0 Å². The van der Waals surface area contributed by atoms with Crippen molar-refractivity contribution in [2.45, 2.75) is 13.1 Å². The van der Waals surface area contributed by atoms with Crippen LogP contribution < -0.4 is 5.32 Å². The first-order chi connectivity index (χ1) is 8.25. The second kappa shape index (κ2) is 5.22. The Morgan fingerprint density at radius 3 is 2.94 bits per heavy atom. The summed E-state index contributed by atoms with van der Waals surface area (Å²) >= 11 is 0. The number of nitrogens with one attached hydrogen (secondary N) is 1. The second-order valence-electron chi connectivity index (χ2n) is 3.41. The van der Waals surface area contributed by atoms with E-state index in [0.717, 1.165) is 5.69 Å². The number of hydrogen-bond acceptors (Lipinski definition) is 5. The molecule has 0 aliphatic carbocycles. The number of carboxylic acids is 1. The molecule has 88 valence electrons. The van der Waals surface area contributed by atoms with Gasteiger partial charge in [-0.25, -0.2) is 4.79 Å². The maximum atomic E-state index is 10.6. The molecule has 0 aliphatic heterocycles. The van der Waals surface area contributed by atoms with Crippen LogP contribution in [0.5, 0.6) is 0 Å². The summed E-state index contributed by atoms with van der Waals surface area (Å²) in [7, 11) is 0. The minimum absolute atomic E-state index is 0.0837. The van der Waals surface area contributed by atoms with Crippen LogP contribution in [0.2, 0.25) is 0 Å². The molecule has 2 rings (SSSR count). The van der Waals surface area contributed by atoms with Gasteiger partial charge in [-0.2, -0.15) is 0 Å². The topological polar surface area (TPSA) is 88.2 Å². The van der Waals surface area contributed by atoms with Crippen molar-refractivity contribution in [1.29, 1.82) is 0 Å². The molecule has 0 fully saturated rings. The number of carboxylic acid groups (broad SMARTS) is 1. The summed E-state index contributed by atoms with van der Waals surface area (Å²) in [6.45, 7) is 1.00. The summed E-state index contributed by atoms with van der Waals surface area (Å²) in [6.07, 6.45) is 1.72. The van der Waals surface area contributed by atoms with Crippen LogP contribution in [-0.4, -0.2) is 21.2 Å². The van der Waals surface area contributed by atoms with E-state index in [1.165, 1.54) is 6.07 Å². The molecule has 6 heteroatoms. The quantitative estimate of drug-likeness (QED) is 0.802. The number of nitrogens with zero attached hydrogens (tertiary/aromatic N) is 2. The first-order valence-electron chi connectivity index (χ1n) is 5.05. The molecule has 0 radical (unpaired) electrons. The van der Waals surface area contributed by atoms with Crippen LogP contribution in [0.25, 0.3) is 0 Å². The van der Waals surface area contributed by atoms with Crippen LogP contribution in [0, 0.1) is 0 Å². The van der Waals surface area contributed by atoms with Gasteiger partial charge in [0.2, 0.25) is 0 Å². The van der Waals surface area contributed by atoms with Crippen molar-refractivity contribution in [2.24, 2.45) is 0 Å². The highest BCUT2D eigenvalue weighted by Crippen LogP contribution is 2.03. The van der Waals surface area contributed by atoms with Crippen LogP contribution >= 0.6 is 0 Å². The van der Waals surface area contributed by atoms with Crippen LogP contribution in [0.15, 0.2) is 35.0 Å². The molecular weight excluding hydrogens is 222 g/mol. The maximum Gasteiger partial charge on any atom is 0.358 e. The van der Waals surface area contributed by atoms with Gasteiger partial charge < -0.3 is 14.9 Å². The summed E-state index contributed by atoms with van der Waals surface area (Å²) in [5.74, 6) is -0.608. The minimum Gasteiger partial charge on any atom is -0.476 e. The molecular formula is C11H11N3O3. The summed E-state index contributed by atoms with van der Waals surface area (Å²) in [4.78, 5) is 14.7. The van der Waals surface area contributed by atoms with Crippen molar-refractivity contribution in [1.82, 2.24) is 15.5 Å². The number of aromatic nitrogens is 2. The fourth-order valence-electron chi connectivity index (χ4n) is 1.31. The highest BCUT2D eigenvalue weighted by atomic mass is 16.5. The molecule has 2 heterocycles. The predicted octanol–water partition coefficient (Wildman–Crippen LogP) is 1.06. The number of aromatic carboxylic acids is 1. The van der Waals surface area contributed by atoms with E-state index < -0.39 is 5.97 Å². The first-order valence-corrected chi connectivity index (χ1v) is 5.05. The van der Waals surface area contributed by atoms with E-state index >= 15 is 0 Å². The van der Waals surface area contributed by atoms with Crippen LogP contribution in [-0.2, 0) is 13.1 Å². The SMILES string of the molecule is O=C(O)c1cc(CNCc2ccccn2)on1. The van der Waals surface area contributed by atoms with Gasteiger partial charge in [0, 0.05) is 18.8 Å². The van der Waals surface area contributed by atoms with Crippen LogP contribution in [0.1, 0.15) is 21.9 Å². The molecule has 17 heavy (non-hydrogen) atoms. The second-order valence-corrected chi connectivity index (χ2v) is 3.41. The number of hydrogen-bond donors (Lipinski definition) is 2. The standard InChI is InChI=1S/C11H11N3O3/c15-11(16)10-5-9(17-14-10)7-12-6-8-3-1-2-4-13-8/h1-5,12H,6-7H2,(H,15,16). The van der Waals surface area contributed by atoms with E-state index in [2.05, 4.69) is 15.5 Å². The Morgan fingerprint density at radius 1 is 1.41 bits per heavy atom. The Bertz CT molecular complexity index is 496. The molecule has 2 N–H and O–H groups in total. The molecule has 6 nitrogen and oxygen atoms in total. The van der Waals surface area contributed by atoms with Crippen molar-refractivity contribution in [3.05, 3.63) is 47.6 Å². The van der Waals surface area contributed by atoms with E-state index in [1.54, 1.807) is 6.20 Å². The molecule has 0 aliphatic rings. The van der Waals surface area contributed by atoms with Crippen molar-refractivity contribution in [2.75, 3.05) is 0 Å². The maximum absolute atomic E-state index is 10.6. The van der Waals surface area contributed by atoms with Gasteiger partial charge >= 0.3 is 5.97 Å². The lowest BCUT2D eigenvalue weighted by molar-refractivity contribution is 0.0685. The molecule has 0 bridgehead atoms. The largest absolute Gasteiger partial charge is 0.476 e. The molecule has 0 saturated heterocycles. The Kier molecular flexibility index (Phi) is 3.46. The molecule has 0 amide bonds. The van der Waals surface area contributed by atoms with Gasteiger partial charge in [0.15, 0.2) is 11.5 Å². The summed E-state index contributed by atoms with van der Waals surface area (Å²) < 4.78 is 4.85. The highest BCUT2D eigenvalue weighted by molar-refractivity contribution is 5.85. The number of pyridine rings is 1. The van der Waals surface area contributed by atoms with Gasteiger partial charge in [-0.15, -0.1) is 0 Å². The number of carbonyl (C=O) groups is 1. The van der Waals surface area contributed by atoms with E-state index in [9.17, 15) is 4.79 Å². The van der Waals surface area contributed by atoms with E-state index in [4.69, 9.17) is 9.63 Å². The average molecular weight is 233 g/mol. The molecule has 0 spiro atoms. The van der Waals surface area contributed by atoms with E-state index in [0.29, 0.717) is 18.8 Å². The molecule has 0 saturated carbocycles. The molecule has 0 atom stereocenters. The first kappa shape index (κ1) is 11.3. The third-order valence-electron chi connectivity index (χ3n) is 2.11. The molecule has 2 aromatic rings. The van der Waals surface area contributed by atoms with Gasteiger partial charge in [0.25, 0.3) is 0 Å². The summed E-state index contributed by atoms with van der Waals surface area (Å²) in [6, 6.07) is 7.05. The zero-order valence-corrected chi connectivity index (χ0v) is 8.96. The Balaban J connectivity index is 1.84. The van der Waals surface area contributed by atoms with E-state index in [-0.39, 0.29) is 5.69 Å². The number of rotatable bonds is 5. The highest BCUT2D eigenvalue weighted by Gasteiger charge is 2.09. The molecule has 0 aromatic carbocycles. The van der Waals surface area contributed by atoms with Gasteiger partial charge in [0.05, 0.1) is 12.2 Å². The fourth-order valence-corrected chi connectivity index (χ4v) is 1.31. The Morgan fingerprint density at radius 2 is 2.29 bits per heavy atom. The molecule has 2 aromatic heterocycles. The van der Waals surface area contributed by atoms with Gasteiger partial charge in [-0.3, -0.25) is 4.98 Å². The van der Waals surface area contributed by atoms with Crippen LogP contribution in [0.4, 0.5) is 0 Å². The Hall–Kier alpha value is -2.21. The van der Waals surface area contributed by atoms with Crippen molar-refractivity contribution >= 4 is 5.97 Å². The third kappa shape index (κ3) is 3.12. The van der Waals surface area contributed by atoms with Crippen LogP contribution in [0.3, 0.4) is 0 Å². The minimum atomic E-state index is -1.09. The lowest BCUT2D eigenvalue weighted by Gasteiger charge is -2.00. The lowest BCUT2D eigenvalue weighted by Crippen LogP contribution is -2.13. The third-order valence-corrected chi connectivity index (χ3v) is 2.11. The monoisotopic (exact) mass is 233 g/mol. The van der Waals surface area contributed by atoms with Gasteiger partial charge in [-0.1, -0.05) is 11.2 Å². The van der Waals surface area contributed by atoms with Crippen molar-refractivity contribution < 1.29 is 14.4 Å². The Labute approximate surface area is 97.3 Å². The normalized spacial score (nSPS) is 10.4. The smallest absolute Gasteiger partial charge is 0.358 e. The van der Waals surface area contributed by atoms with Crippen molar-refractivity contribution in [3.63, 3.8) is 0 Å². The average Bonchev–Trinajstić information content (AvgIpc) is 2.79. The van der Waals surface area contributed by atoms with E-state index in [1.807, 2.05) is 18.2 Å². The summed E-state index contributed by atoms with van der Waals surface area (Å²) in [5.41, 5.74) is 0.824. The predicted molar refractivity (Wildman–Crippen MR) is 58.2 cm³/mol. The summed E-state index contributed by atoms with van der Waals surface area (Å²) in [5, 5.41) is 15.1. The zero-order chi connectivity index (χ0) is 12.1. The fraction of sp³-hybridized carbons (Fsp3) is 0.182. The zero-order valence-electron chi connectivity index (χ0n) is 8.96. The lowest BCUT2D eigenvalue weighted by atomic mass is 10.3. The molecule has 0 unspecified atom stereocenters. The van der Waals surface area contributed by atoms with Gasteiger partial charge in [0.1, 0.15) is 0 Å². The van der Waals surface area contributed by atoms with Gasteiger partial charge in [-0.05, 0) is 12.1 Å².